The summed E-state index contributed by atoms with van der Waals surface area (Å²) in [7, 11) is 0. The molecule has 0 spiro atoms. The zero-order valence-electron chi connectivity index (χ0n) is 18.0. The molecule has 7 heteroatoms. The second-order valence-corrected chi connectivity index (χ2v) is 6.99. The van der Waals surface area contributed by atoms with Crippen molar-refractivity contribution in [3.05, 3.63) is 65.1 Å². The van der Waals surface area contributed by atoms with Crippen LogP contribution in [0, 0.1) is 0 Å². The Bertz CT molecular complexity index is 1040. The molecule has 7 nitrogen and oxygen atoms in total. The van der Waals surface area contributed by atoms with Crippen LogP contribution in [-0.4, -0.2) is 34.0 Å². The Balaban J connectivity index is 1.92. The minimum Gasteiger partial charge on any atom is -0.492 e. The number of dihydropyridines is 1. The molecular formula is C23H29N5O2. The smallest absolute Gasteiger partial charge is 0.257 e. The summed E-state index contributed by atoms with van der Waals surface area (Å²) in [5, 5.41) is 6.21. The van der Waals surface area contributed by atoms with Crippen LogP contribution in [0.3, 0.4) is 0 Å². The lowest BCUT2D eigenvalue weighted by molar-refractivity contribution is 0.0962. The number of nitrogens with one attached hydrogen (secondary N) is 3. The van der Waals surface area contributed by atoms with Crippen LogP contribution < -0.4 is 10.6 Å². The van der Waals surface area contributed by atoms with Gasteiger partial charge in [0.05, 0.1) is 29.9 Å². The lowest BCUT2D eigenvalue weighted by Gasteiger charge is -2.21. The van der Waals surface area contributed by atoms with Crippen molar-refractivity contribution in [2.75, 3.05) is 13.2 Å². The van der Waals surface area contributed by atoms with Gasteiger partial charge in [-0.15, -0.1) is 0 Å². The van der Waals surface area contributed by atoms with Crippen LogP contribution in [0.1, 0.15) is 56.7 Å². The molecule has 0 bridgehead atoms. The summed E-state index contributed by atoms with van der Waals surface area (Å²) in [6, 6.07) is 1.69. The number of carbonyl (C=O) groups is 1. The van der Waals surface area contributed by atoms with Crippen LogP contribution >= 0.6 is 0 Å². The number of imidazole rings is 1. The highest BCUT2D eigenvalue weighted by molar-refractivity contribution is 6.05. The van der Waals surface area contributed by atoms with Crippen molar-refractivity contribution in [2.24, 2.45) is 0 Å². The Kier molecular flexibility index (Phi) is 7.06. The molecule has 30 heavy (non-hydrogen) atoms. The van der Waals surface area contributed by atoms with E-state index < -0.39 is 0 Å². The predicted octanol–water partition coefficient (Wildman–Crippen LogP) is 4.20. The fourth-order valence-corrected chi connectivity index (χ4v) is 3.17. The third-order valence-corrected chi connectivity index (χ3v) is 4.73. The average molecular weight is 408 g/mol. The third kappa shape index (κ3) is 4.79. The largest absolute Gasteiger partial charge is 0.492 e. The number of ether oxygens (including phenoxy) is 1. The van der Waals surface area contributed by atoms with Crippen molar-refractivity contribution in [3.8, 4) is 0 Å². The summed E-state index contributed by atoms with van der Waals surface area (Å²) in [5.41, 5.74) is 4.28. The first-order valence-corrected chi connectivity index (χ1v) is 10.3. The molecule has 3 heterocycles. The van der Waals surface area contributed by atoms with Crippen molar-refractivity contribution >= 4 is 22.6 Å². The highest BCUT2D eigenvalue weighted by atomic mass is 16.5. The molecule has 0 fully saturated rings. The molecule has 158 valence electrons. The quantitative estimate of drug-likeness (QED) is 0.570. The van der Waals surface area contributed by atoms with Gasteiger partial charge in [0.15, 0.2) is 5.65 Å². The minimum atomic E-state index is -0.233. The molecule has 2 aromatic rings. The maximum atomic E-state index is 13.1. The maximum Gasteiger partial charge on any atom is 0.257 e. The van der Waals surface area contributed by atoms with Gasteiger partial charge in [0.2, 0.25) is 0 Å². The Hall–Kier alpha value is -3.35. The van der Waals surface area contributed by atoms with Gasteiger partial charge in [0, 0.05) is 23.5 Å². The number of pyridine rings is 1. The van der Waals surface area contributed by atoms with Crippen LogP contribution in [0.2, 0.25) is 0 Å². The molecule has 3 rings (SSSR count). The number of hydrogen-bond donors (Lipinski definition) is 3. The van der Waals surface area contributed by atoms with Crippen molar-refractivity contribution in [3.63, 3.8) is 0 Å². The van der Waals surface area contributed by atoms with Crippen LogP contribution in [-0.2, 0) is 4.74 Å². The van der Waals surface area contributed by atoms with Gasteiger partial charge in [-0.3, -0.25) is 4.79 Å². The Morgan fingerprint density at radius 1 is 1.37 bits per heavy atom. The van der Waals surface area contributed by atoms with E-state index in [2.05, 4.69) is 38.6 Å². The molecule has 0 unspecified atom stereocenters. The first kappa shape index (κ1) is 21.4. The van der Waals surface area contributed by atoms with Gasteiger partial charge >= 0.3 is 0 Å². The average Bonchev–Trinajstić information content (AvgIpc) is 3.17. The number of hydrogen-bond acceptors (Lipinski definition) is 5. The van der Waals surface area contributed by atoms with E-state index in [1.54, 1.807) is 12.3 Å². The first-order chi connectivity index (χ1) is 14.6. The standard InChI is InChI=1S/C23H29N5O2/c1-5-8-9-10-16(6-2)21-27-20-17(11-12-24-22(20)28-21)23(29)26-18-14-25-15(4)13-19(18)30-7-3/h6,9-13,25H,5,7-8,14H2,1-4H3,(H,26,29)(H,24,27,28)/b10-9-,16-6+. The number of allylic oxidation sites excluding steroid dienone is 6. The van der Waals surface area contributed by atoms with Gasteiger partial charge in [0.25, 0.3) is 5.91 Å². The van der Waals surface area contributed by atoms with E-state index in [9.17, 15) is 4.79 Å². The molecule has 3 N–H and O–H groups in total. The van der Waals surface area contributed by atoms with Crippen LogP contribution in [0.5, 0.6) is 0 Å². The molecule has 0 saturated carbocycles. The number of H-pyrrole nitrogens is 1. The van der Waals surface area contributed by atoms with E-state index in [4.69, 9.17) is 4.74 Å². The predicted molar refractivity (Wildman–Crippen MR) is 119 cm³/mol. The van der Waals surface area contributed by atoms with E-state index in [1.807, 2.05) is 39.0 Å². The van der Waals surface area contributed by atoms with Crippen molar-refractivity contribution in [1.29, 1.82) is 0 Å². The van der Waals surface area contributed by atoms with E-state index in [0.717, 1.165) is 24.1 Å². The molecule has 0 aliphatic carbocycles. The third-order valence-electron chi connectivity index (χ3n) is 4.73. The van der Waals surface area contributed by atoms with Crippen LogP contribution in [0.15, 0.2) is 53.7 Å². The Morgan fingerprint density at radius 2 is 2.20 bits per heavy atom. The van der Waals surface area contributed by atoms with E-state index in [1.165, 1.54) is 0 Å². The van der Waals surface area contributed by atoms with E-state index in [0.29, 0.717) is 47.2 Å². The van der Waals surface area contributed by atoms with Gasteiger partial charge < -0.3 is 20.4 Å². The molecule has 0 atom stereocenters. The van der Waals surface area contributed by atoms with Gasteiger partial charge in [0.1, 0.15) is 11.6 Å². The number of aromatic nitrogens is 3. The lowest BCUT2D eigenvalue weighted by Crippen LogP contribution is -2.33. The highest BCUT2D eigenvalue weighted by Crippen LogP contribution is 2.21. The molecule has 0 aromatic carbocycles. The van der Waals surface area contributed by atoms with Crippen LogP contribution in [0.4, 0.5) is 0 Å². The normalized spacial score (nSPS) is 14.8. The second kappa shape index (κ2) is 9.91. The second-order valence-electron chi connectivity index (χ2n) is 6.99. The number of carbonyl (C=O) groups excluding carboxylic acids is 1. The number of amides is 1. The summed E-state index contributed by atoms with van der Waals surface area (Å²) in [5.74, 6) is 1.14. The van der Waals surface area contributed by atoms with Gasteiger partial charge in [-0.1, -0.05) is 31.6 Å². The summed E-state index contributed by atoms with van der Waals surface area (Å²) < 4.78 is 5.69. The summed E-state index contributed by atoms with van der Waals surface area (Å²) in [6.07, 6.45) is 11.7. The van der Waals surface area contributed by atoms with Crippen LogP contribution in [0.25, 0.3) is 16.7 Å². The zero-order valence-corrected chi connectivity index (χ0v) is 18.0. The maximum absolute atomic E-state index is 13.1. The molecule has 0 radical (unpaired) electrons. The number of unbranched alkanes of at least 4 members (excludes halogenated alkanes) is 1. The lowest BCUT2D eigenvalue weighted by atomic mass is 10.2. The molecule has 1 aliphatic rings. The summed E-state index contributed by atoms with van der Waals surface area (Å²) in [6.45, 7) is 9.01. The van der Waals surface area contributed by atoms with E-state index >= 15 is 0 Å². The fraction of sp³-hybridized carbons (Fsp3) is 0.348. The van der Waals surface area contributed by atoms with E-state index in [-0.39, 0.29) is 5.91 Å². The number of aromatic amines is 1. The number of fused-ring (bicyclic) bond motifs is 1. The van der Waals surface area contributed by atoms with Crippen molar-refractivity contribution < 1.29 is 9.53 Å². The van der Waals surface area contributed by atoms with Gasteiger partial charge in [-0.25, -0.2) is 9.97 Å². The molecule has 1 aliphatic heterocycles. The molecule has 0 saturated heterocycles. The number of rotatable bonds is 8. The first-order valence-electron chi connectivity index (χ1n) is 10.3. The van der Waals surface area contributed by atoms with Gasteiger partial charge in [-0.2, -0.15) is 0 Å². The fourth-order valence-electron chi connectivity index (χ4n) is 3.17. The Labute approximate surface area is 177 Å². The summed E-state index contributed by atoms with van der Waals surface area (Å²) in [4.78, 5) is 25.2. The summed E-state index contributed by atoms with van der Waals surface area (Å²) >= 11 is 0. The SMILES string of the molecule is C/C=C(\C=C/CCC)c1nc2nccc(C(=O)NC3=C(OCC)C=C(C)NC3)c2[nH]1. The topological polar surface area (TPSA) is 91.9 Å². The zero-order chi connectivity index (χ0) is 21.5. The molecule has 1 amide bonds. The van der Waals surface area contributed by atoms with Gasteiger partial charge in [-0.05, 0) is 33.3 Å². The van der Waals surface area contributed by atoms with Crippen molar-refractivity contribution in [2.45, 2.75) is 40.5 Å². The number of nitrogens with zero attached hydrogens (tertiary/aromatic N) is 2. The molecule has 2 aromatic heterocycles. The minimum absolute atomic E-state index is 0.233. The monoisotopic (exact) mass is 407 g/mol. The highest BCUT2D eigenvalue weighted by Gasteiger charge is 2.19. The van der Waals surface area contributed by atoms with Crippen molar-refractivity contribution in [1.82, 2.24) is 25.6 Å². The Morgan fingerprint density at radius 3 is 2.93 bits per heavy atom. The molecular weight excluding hydrogens is 378 g/mol.